The Balaban J connectivity index is 1.94. The summed E-state index contributed by atoms with van der Waals surface area (Å²) in [5.41, 5.74) is 2.72. The van der Waals surface area contributed by atoms with E-state index in [2.05, 4.69) is 4.98 Å². The van der Waals surface area contributed by atoms with Crippen LogP contribution in [-0.4, -0.2) is 20.6 Å². The van der Waals surface area contributed by atoms with Crippen molar-refractivity contribution in [2.24, 2.45) is 0 Å². The maximum Gasteiger partial charge on any atom is 0.326 e. The Morgan fingerprint density at radius 2 is 1.91 bits per heavy atom. The van der Waals surface area contributed by atoms with Gasteiger partial charge in [-0.15, -0.1) is 0 Å². The number of aromatic nitrogens is 2. The molecule has 0 bridgehead atoms. The summed E-state index contributed by atoms with van der Waals surface area (Å²) in [6.45, 7) is 3.87. The zero-order valence-corrected chi connectivity index (χ0v) is 13.1. The molecule has 1 N–H and O–H groups in total. The summed E-state index contributed by atoms with van der Waals surface area (Å²) >= 11 is 0. The maximum atomic E-state index is 11.4. The third-order valence-corrected chi connectivity index (χ3v) is 3.80. The lowest BCUT2D eigenvalue weighted by atomic mass is 10.2. The van der Waals surface area contributed by atoms with Crippen molar-refractivity contribution in [1.29, 1.82) is 0 Å². The molecule has 3 aromatic rings. The zero-order valence-electron chi connectivity index (χ0n) is 13.1. The van der Waals surface area contributed by atoms with Gasteiger partial charge < -0.3 is 14.4 Å². The Hall–Kier alpha value is -2.82. The topological polar surface area (TPSA) is 64.4 Å². The quantitative estimate of drug-likeness (QED) is 0.782. The van der Waals surface area contributed by atoms with Crippen molar-refractivity contribution in [3.8, 4) is 5.75 Å². The molecule has 0 aliphatic heterocycles. The molecule has 0 aliphatic rings. The second-order valence-corrected chi connectivity index (χ2v) is 5.50. The van der Waals surface area contributed by atoms with E-state index >= 15 is 0 Å². The van der Waals surface area contributed by atoms with Crippen molar-refractivity contribution in [3.63, 3.8) is 0 Å². The van der Waals surface area contributed by atoms with E-state index in [0.717, 1.165) is 22.3 Å². The van der Waals surface area contributed by atoms with Gasteiger partial charge in [-0.25, -0.2) is 9.78 Å². The summed E-state index contributed by atoms with van der Waals surface area (Å²) in [5.74, 6) is 0.434. The molecule has 1 aromatic heterocycles. The lowest BCUT2D eigenvalue weighted by Crippen LogP contribution is -2.19. The Morgan fingerprint density at radius 3 is 2.61 bits per heavy atom. The standard InChI is InChI=1S/C18H18N2O3/c1-12-7-9-14(10-8-12)23-11-17-19-15-5-3-4-6-16(15)20(17)13(2)18(21)22/h3-10,13H,11H2,1-2H3,(H,21,22). The van der Waals surface area contributed by atoms with Gasteiger partial charge in [0, 0.05) is 0 Å². The van der Waals surface area contributed by atoms with Gasteiger partial charge in [0.2, 0.25) is 0 Å². The number of imidazole rings is 1. The van der Waals surface area contributed by atoms with Crippen molar-refractivity contribution >= 4 is 17.0 Å². The summed E-state index contributed by atoms with van der Waals surface area (Å²) in [6.07, 6.45) is 0. The number of para-hydroxylation sites is 2. The summed E-state index contributed by atoms with van der Waals surface area (Å²) in [4.78, 5) is 15.9. The molecule has 0 saturated carbocycles. The van der Waals surface area contributed by atoms with Crippen molar-refractivity contribution in [3.05, 3.63) is 59.9 Å². The smallest absolute Gasteiger partial charge is 0.326 e. The number of ether oxygens (including phenoxy) is 1. The molecular formula is C18H18N2O3. The van der Waals surface area contributed by atoms with Crippen LogP contribution in [-0.2, 0) is 11.4 Å². The first-order valence-electron chi connectivity index (χ1n) is 7.44. The van der Waals surface area contributed by atoms with Crippen molar-refractivity contribution in [2.75, 3.05) is 0 Å². The zero-order chi connectivity index (χ0) is 16.4. The fraction of sp³-hybridized carbons (Fsp3) is 0.222. The number of carbonyl (C=O) groups is 1. The van der Waals surface area contributed by atoms with Crippen LogP contribution >= 0.6 is 0 Å². The fourth-order valence-corrected chi connectivity index (χ4v) is 2.52. The number of hydrogen-bond donors (Lipinski definition) is 1. The third kappa shape index (κ3) is 3.04. The summed E-state index contributed by atoms with van der Waals surface area (Å²) in [6, 6.07) is 14.5. The highest BCUT2D eigenvalue weighted by Crippen LogP contribution is 2.23. The van der Waals surface area contributed by atoms with Crippen LogP contribution in [0.2, 0.25) is 0 Å². The summed E-state index contributed by atoms with van der Waals surface area (Å²) < 4.78 is 7.49. The van der Waals surface area contributed by atoms with Crippen LogP contribution in [0, 0.1) is 6.92 Å². The van der Waals surface area contributed by atoms with Crippen LogP contribution < -0.4 is 4.74 Å². The number of aryl methyl sites for hydroxylation is 1. The molecule has 0 radical (unpaired) electrons. The van der Waals surface area contributed by atoms with Crippen LogP contribution in [0.4, 0.5) is 0 Å². The second kappa shape index (κ2) is 6.12. The minimum Gasteiger partial charge on any atom is -0.486 e. The molecule has 0 spiro atoms. The highest BCUT2D eigenvalue weighted by Gasteiger charge is 2.21. The minimum atomic E-state index is -0.898. The van der Waals surface area contributed by atoms with Crippen LogP contribution in [0.3, 0.4) is 0 Å². The van der Waals surface area contributed by atoms with E-state index in [-0.39, 0.29) is 6.61 Å². The van der Waals surface area contributed by atoms with Gasteiger partial charge in [0.15, 0.2) is 0 Å². The van der Waals surface area contributed by atoms with Crippen LogP contribution in [0.15, 0.2) is 48.5 Å². The number of carboxylic acids is 1. The van der Waals surface area contributed by atoms with Gasteiger partial charge in [-0.05, 0) is 38.1 Å². The Labute approximate surface area is 134 Å². The van der Waals surface area contributed by atoms with Gasteiger partial charge >= 0.3 is 5.97 Å². The monoisotopic (exact) mass is 310 g/mol. The average molecular weight is 310 g/mol. The molecular weight excluding hydrogens is 292 g/mol. The van der Waals surface area contributed by atoms with E-state index in [4.69, 9.17) is 4.74 Å². The van der Waals surface area contributed by atoms with Crippen molar-refractivity contribution in [1.82, 2.24) is 9.55 Å². The average Bonchev–Trinajstić information content (AvgIpc) is 2.91. The first-order valence-corrected chi connectivity index (χ1v) is 7.44. The highest BCUT2D eigenvalue weighted by atomic mass is 16.5. The van der Waals surface area contributed by atoms with E-state index in [0.29, 0.717) is 5.82 Å². The number of fused-ring (bicyclic) bond motifs is 1. The number of carboxylic acid groups (broad SMARTS) is 1. The number of nitrogens with zero attached hydrogens (tertiary/aromatic N) is 2. The molecule has 5 heteroatoms. The van der Waals surface area contributed by atoms with E-state index < -0.39 is 12.0 Å². The molecule has 0 amide bonds. The predicted octanol–water partition coefficient (Wildman–Crippen LogP) is 3.57. The maximum absolute atomic E-state index is 11.4. The predicted molar refractivity (Wildman–Crippen MR) is 87.6 cm³/mol. The normalized spacial score (nSPS) is 12.3. The lowest BCUT2D eigenvalue weighted by molar-refractivity contribution is -0.140. The Bertz CT molecular complexity index is 837. The third-order valence-electron chi connectivity index (χ3n) is 3.80. The van der Waals surface area contributed by atoms with Crippen molar-refractivity contribution < 1.29 is 14.6 Å². The molecule has 0 saturated heterocycles. The number of benzene rings is 2. The van der Waals surface area contributed by atoms with Crippen LogP contribution in [0.25, 0.3) is 11.0 Å². The lowest BCUT2D eigenvalue weighted by Gasteiger charge is -2.14. The van der Waals surface area contributed by atoms with Gasteiger partial charge in [-0.3, -0.25) is 0 Å². The largest absolute Gasteiger partial charge is 0.486 e. The second-order valence-electron chi connectivity index (χ2n) is 5.50. The molecule has 118 valence electrons. The Kier molecular flexibility index (Phi) is 4.02. The van der Waals surface area contributed by atoms with Gasteiger partial charge in [0.25, 0.3) is 0 Å². The summed E-state index contributed by atoms with van der Waals surface area (Å²) in [7, 11) is 0. The first kappa shape index (κ1) is 15.1. The van der Waals surface area contributed by atoms with E-state index in [1.54, 1.807) is 11.5 Å². The van der Waals surface area contributed by atoms with E-state index in [9.17, 15) is 9.90 Å². The van der Waals surface area contributed by atoms with Gasteiger partial charge in [-0.2, -0.15) is 0 Å². The van der Waals surface area contributed by atoms with E-state index in [1.165, 1.54) is 0 Å². The number of hydrogen-bond acceptors (Lipinski definition) is 3. The SMILES string of the molecule is Cc1ccc(OCc2nc3ccccc3n2C(C)C(=O)O)cc1. The van der Waals surface area contributed by atoms with Gasteiger partial charge in [-0.1, -0.05) is 29.8 Å². The van der Waals surface area contributed by atoms with Crippen LogP contribution in [0.1, 0.15) is 24.4 Å². The highest BCUT2D eigenvalue weighted by molar-refractivity contribution is 5.80. The molecule has 1 atom stereocenters. The minimum absolute atomic E-state index is 0.218. The molecule has 2 aromatic carbocycles. The molecule has 1 unspecified atom stereocenters. The van der Waals surface area contributed by atoms with Gasteiger partial charge in [0.1, 0.15) is 24.2 Å². The molecule has 5 nitrogen and oxygen atoms in total. The number of aliphatic carboxylic acids is 1. The molecule has 0 aliphatic carbocycles. The molecule has 1 heterocycles. The fourth-order valence-electron chi connectivity index (χ4n) is 2.52. The molecule has 3 rings (SSSR count). The Morgan fingerprint density at radius 1 is 1.22 bits per heavy atom. The first-order chi connectivity index (χ1) is 11.1. The van der Waals surface area contributed by atoms with Crippen molar-refractivity contribution in [2.45, 2.75) is 26.5 Å². The van der Waals surface area contributed by atoms with Gasteiger partial charge in [0.05, 0.1) is 11.0 Å². The summed E-state index contributed by atoms with van der Waals surface area (Å²) in [5, 5.41) is 9.36. The molecule has 23 heavy (non-hydrogen) atoms. The number of rotatable bonds is 5. The van der Waals surface area contributed by atoms with E-state index in [1.807, 2.05) is 55.5 Å². The van der Waals surface area contributed by atoms with Crippen LogP contribution in [0.5, 0.6) is 5.75 Å². The molecule has 0 fully saturated rings.